The van der Waals surface area contributed by atoms with Crippen LogP contribution in [0.3, 0.4) is 0 Å². The number of nitrogens with one attached hydrogen (secondary N) is 1. The van der Waals surface area contributed by atoms with Gasteiger partial charge in [-0.3, -0.25) is 9.36 Å². The fourth-order valence-electron chi connectivity index (χ4n) is 2.88. The molecule has 0 bridgehead atoms. The Morgan fingerprint density at radius 3 is 2.81 bits per heavy atom. The SMILES string of the molecule is CCn1c(SCC(=O)NCCc2ccccc2F)nnc1N1CCOCC1. The molecule has 1 aromatic heterocycles. The summed E-state index contributed by atoms with van der Waals surface area (Å²) in [6.45, 7) is 6.12. The molecule has 2 heterocycles. The maximum absolute atomic E-state index is 13.6. The van der Waals surface area contributed by atoms with Crippen LogP contribution in [0.1, 0.15) is 12.5 Å². The maximum atomic E-state index is 13.6. The van der Waals surface area contributed by atoms with Crippen molar-refractivity contribution in [2.45, 2.75) is 25.0 Å². The van der Waals surface area contributed by atoms with Crippen molar-refractivity contribution in [2.24, 2.45) is 0 Å². The second-order valence-corrected chi connectivity index (χ2v) is 7.05. The molecule has 0 atom stereocenters. The van der Waals surface area contributed by atoms with Gasteiger partial charge in [-0.2, -0.15) is 0 Å². The molecule has 0 unspecified atom stereocenters. The number of ether oxygens (including phenoxy) is 1. The van der Waals surface area contributed by atoms with Crippen molar-refractivity contribution in [3.63, 3.8) is 0 Å². The van der Waals surface area contributed by atoms with E-state index in [1.54, 1.807) is 18.2 Å². The van der Waals surface area contributed by atoms with Gasteiger partial charge in [0.25, 0.3) is 0 Å². The molecule has 1 aliphatic rings. The third-order valence-corrected chi connectivity index (χ3v) is 5.28. The van der Waals surface area contributed by atoms with Gasteiger partial charge in [-0.1, -0.05) is 30.0 Å². The van der Waals surface area contributed by atoms with Gasteiger partial charge in [0.05, 0.1) is 19.0 Å². The van der Waals surface area contributed by atoms with Crippen molar-refractivity contribution in [3.8, 4) is 0 Å². The summed E-state index contributed by atoms with van der Waals surface area (Å²) in [7, 11) is 0. The van der Waals surface area contributed by atoms with Crippen molar-refractivity contribution in [1.29, 1.82) is 0 Å². The van der Waals surface area contributed by atoms with E-state index in [4.69, 9.17) is 4.74 Å². The zero-order chi connectivity index (χ0) is 19.1. The topological polar surface area (TPSA) is 72.3 Å². The molecule has 1 N–H and O–H groups in total. The molecule has 1 aliphatic heterocycles. The number of rotatable bonds is 8. The van der Waals surface area contributed by atoms with Crippen LogP contribution in [0.5, 0.6) is 0 Å². The largest absolute Gasteiger partial charge is 0.378 e. The van der Waals surface area contributed by atoms with Crippen molar-refractivity contribution in [3.05, 3.63) is 35.6 Å². The number of halogens is 1. The van der Waals surface area contributed by atoms with Crippen molar-refractivity contribution in [2.75, 3.05) is 43.5 Å². The Balaban J connectivity index is 1.48. The molecule has 146 valence electrons. The van der Waals surface area contributed by atoms with Gasteiger partial charge in [0.15, 0.2) is 5.16 Å². The van der Waals surface area contributed by atoms with E-state index >= 15 is 0 Å². The summed E-state index contributed by atoms with van der Waals surface area (Å²) >= 11 is 1.36. The van der Waals surface area contributed by atoms with Crippen LogP contribution in [-0.4, -0.2) is 59.3 Å². The minimum Gasteiger partial charge on any atom is -0.378 e. The van der Waals surface area contributed by atoms with Crippen molar-refractivity contribution >= 4 is 23.6 Å². The van der Waals surface area contributed by atoms with Gasteiger partial charge >= 0.3 is 0 Å². The molecule has 1 aromatic carbocycles. The van der Waals surface area contributed by atoms with E-state index in [1.807, 2.05) is 11.5 Å². The number of nitrogens with zero attached hydrogens (tertiary/aromatic N) is 4. The maximum Gasteiger partial charge on any atom is 0.230 e. The van der Waals surface area contributed by atoms with Gasteiger partial charge in [-0.25, -0.2) is 4.39 Å². The summed E-state index contributed by atoms with van der Waals surface area (Å²) in [6.07, 6.45) is 0.468. The molecule has 0 aliphatic carbocycles. The number of amides is 1. The van der Waals surface area contributed by atoms with Crippen LogP contribution in [0, 0.1) is 5.82 Å². The van der Waals surface area contributed by atoms with E-state index in [2.05, 4.69) is 20.4 Å². The highest BCUT2D eigenvalue weighted by Gasteiger charge is 2.20. The zero-order valence-corrected chi connectivity index (χ0v) is 16.2. The first kappa shape index (κ1) is 19.6. The van der Waals surface area contributed by atoms with E-state index in [1.165, 1.54) is 17.8 Å². The van der Waals surface area contributed by atoms with Gasteiger partial charge in [0.1, 0.15) is 5.82 Å². The second kappa shape index (κ2) is 9.70. The summed E-state index contributed by atoms with van der Waals surface area (Å²) in [6, 6.07) is 6.60. The second-order valence-electron chi connectivity index (χ2n) is 6.11. The Kier molecular flexibility index (Phi) is 7.05. The number of anilines is 1. The van der Waals surface area contributed by atoms with E-state index in [9.17, 15) is 9.18 Å². The van der Waals surface area contributed by atoms with Gasteiger partial charge in [0, 0.05) is 26.2 Å². The average molecular weight is 393 g/mol. The van der Waals surface area contributed by atoms with Crippen molar-refractivity contribution < 1.29 is 13.9 Å². The summed E-state index contributed by atoms with van der Waals surface area (Å²) < 4.78 is 21.0. The number of carbonyl (C=O) groups excluding carboxylic acids is 1. The van der Waals surface area contributed by atoms with Crippen LogP contribution in [0.4, 0.5) is 10.3 Å². The molecule has 2 aromatic rings. The van der Waals surface area contributed by atoms with Crippen molar-refractivity contribution in [1.82, 2.24) is 20.1 Å². The summed E-state index contributed by atoms with van der Waals surface area (Å²) in [5, 5.41) is 12.1. The lowest BCUT2D eigenvalue weighted by molar-refractivity contribution is -0.118. The number of aromatic nitrogens is 3. The number of benzene rings is 1. The molecular weight excluding hydrogens is 369 g/mol. The van der Waals surface area contributed by atoms with Crippen LogP contribution in [0.2, 0.25) is 0 Å². The smallest absolute Gasteiger partial charge is 0.230 e. The monoisotopic (exact) mass is 393 g/mol. The summed E-state index contributed by atoms with van der Waals surface area (Å²) in [4.78, 5) is 14.2. The average Bonchev–Trinajstić information content (AvgIpc) is 3.11. The predicted molar refractivity (Wildman–Crippen MR) is 103 cm³/mol. The first-order valence-corrected chi connectivity index (χ1v) is 10.1. The molecule has 0 radical (unpaired) electrons. The first-order chi connectivity index (χ1) is 13.2. The first-order valence-electron chi connectivity index (χ1n) is 9.08. The minimum atomic E-state index is -0.243. The van der Waals surface area contributed by atoms with Gasteiger partial charge in [-0.15, -0.1) is 10.2 Å². The number of thioether (sulfide) groups is 1. The lowest BCUT2D eigenvalue weighted by atomic mass is 10.1. The van der Waals surface area contributed by atoms with E-state index in [0.29, 0.717) is 31.7 Å². The molecule has 0 spiro atoms. The van der Waals surface area contributed by atoms with Crippen LogP contribution in [-0.2, 0) is 22.5 Å². The lowest BCUT2D eigenvalue weighted by Crippen LogP contribution is -2.38. The van der Waals surface area contributed by atoms with Crippen LogP contribution < -0.4 is 10.2 Å². The normalized spacial score (nSPS) is 14.4. The number of carbonyl (C=O) groups is 1. The molecule has 7 nitrogen and oxygen atoms in total. The Hall–Kier alpha value is -2.13. The van der Waals surface area contributed by atoms with Crippen LogP contribution in [0.15, 0.2) is 29.4 Å². The lowest BCUT2D eigenvalue weighted by Gasteiger charge is -2.27. The standard InChI is InChI=1S/C18H24FN5O2S/c1-2-24-17(23-9-11-26-12-10-23)21-22-18(24)27-13-16(25)20-8-7-14-5-3-4-6-15(14)19/h3-6H,2,7-13H2,1H3,(H,20,25). The summed E-state index contributed by atoms with van der Waals surface area (Å²) in [5.41, 5.74) is 0.603. The zero-order valence-electron chi connectivity index (χ0n) is 15.4. The highest BCUT2D eigenvalue weighted by Crippen LogP contribution is 2.22. The predicted octanol–water partition coefficient (Wildman–Crippen LogP) is 1.72. The highest BCUT2D eigenvalue weighted by molar-refractivity contribution is 7.99. The number of hydrogen-bond donors (Lipinski definition) is 1. The highest BCUT2D eigenvalue weighted by atomic mass is 32.2. The molecular formula is C18H24FN5O2S. The van der Waals surface area contributed by atoms with Crippen LogP contribution in [0.25, 0.3) is 0 Å². The molecule has 0 saturated carbocycles. The minimum absolute atomic E-state index is 0.102. The summed E-state index contributed by atoms with van der Waals surface area (Å²) in [5.74, 6) is 0.726. The Bertz CT molecular complexity index is 764. The number of hydrogen-bond acceptors (Lipinski definition) is 6. The molecule has 1 amide bonds. The quantitative estimate of drug-likeness (QED) is 0.689. The Morgan fingerprint density at radius 2 is 2.07 bits per heavy atom. The fraction of sp³-hybridized carbons (Fsp3) is 0.500. The van der Waals surface area contributed by atoms with Gasteiger partial charge < -0.3 is 15.0 Å². The number of morpholine rings is 1. The molecule has 1 fully saturated rings. The van der Waals surface area contributed by atoms with Gasteiger partial charge in [0.2, 0.25) is 11.9 Å². The van der Waals surface area contributed by atoms with E-state index in [0.717, 1.165) is 30.7 Å². The van der Waals surface area contributed by atoms with Gasteiger partial charge in [-0.05, 0) is 25.0 Å². The van der Waals surface area contributed by atoms with Crippen LogP contribution >= 0.6 is 11.8 Å². The fourth-order valence-corrected chi connectivity index (χ4v) is 3.71. The Labute approximate surface area is 162 Å². The Morgan fingerprint density at radius 1 is 1.30 bits per heavy atom. The van der Waals surface area contributed by atoms with E-state index < -0.39 is 0 Å². The molecule has 27 heavy (non-hydrogen) atoms. The molecule has 3 rings (SSSR count). The molecule has 9 heteroatoms. The van der Waals surface area contributed by atoms with E-state index in [-0.39, 0.29) is 17.5 Å². The third kappa shape index (κ3) is 5.20. The third-order valence-electron chi connectivity index (χ3n) is 4.31. The molecule has 1 saturated heterocycles.